The third kappa shape index (κ3) is 42.4. The van der Waals surface area contributed by atoms with E-state index in [0.29, 0.717) is 30.1 Å². The average Bonchev–Trinajstić information content (AvgIpc) is 3.03. The fourth-order valence-electron chi connectivity index (χ4n) is 3.53. The minimum absolute atomic E-state index is 0.0519. The number of nitrogens with zero attached hydrogens (tertiary/aromatic N) is 12. The van der Waals surface area contributed by atoms with Gasteiger partial charge in [0.1, 0.15) is 0 Å². The van der Waals surface area contributed by atoms with Crippen molar-refractivity contribution in [1.82, 2.24) is 0 Å². The maximum Gasteiger partial charge on any atom is 0.0406 e. The molecule has 0 fully saturated rings. The summed E-state index contributed by atoms with van der Waals surface area (Å²) in [4.78, 5) is 11.2. The van der Waals surface area contributed by atoms with Crippen molar-refractivity contribution >= 4 is 0 Å². The highest BCUT2D eigenvalue weighted by Crippen LogP contribution is 2.14. The lowest BCUT2D eigenvalue weighted by Crippen LogP contribution is -2.11. The second-order valence-electron chi connectivity index (χ2n) is 13.2. The molecule has 0 aliphatic rings. The Morgan fingerprint density at radius 2 is 0.792 bits per heavy atom. The Hall–Kier alpha value is -3.64. The van der Waals surface area contributed by atoms with Crippen LogP contribution in [0, 0.1) is 53.8 Å². The lowest BCUT2D eigenvalue weighted by Gasteiger charge is -2.12. The molecule has 0 aromatic rings. The first kappa shape index (κ1) is 53.8. The van der Waals surface area contributed by atoms with Crippen molar-refractivity contribution in [2.45, 2.75) is 179 Å². The molecule has 0 heterocycles. The van der Waals surface area contributed by atoms with Crippen molar-refractivity contribution in [2.75, 3.05) is 0 Å². The van der Waals surface area contributed by atoms with E-state index in [4.69, 9.17) is 28.5 Å². The highest BCUT2D eigenvalue weighted by atomic mass is 15.2. The van der Waals surface area contributed by atoms with Gasteiger partial charge in [-0.15, -0.1) is 24.2 Å². The quantitative estimate of drug-likeness (QED) is 0.0614. The van der Waals surface area contributed by atoms with Crippen LogP contribution in [-0.4, -0.2) is 24.2 Å². The van der Waals surface area contributed by atoms with Crippen LogP contribution >= 0.6 is 0 Å². The number of azide groups is 4. The second-order valence-corrected chi connectivity index (χ2v) is 13.2. The molecule has 0 spiro atoms. The molecule has 0 aliphatic carbocycles. The Kier molecular flexibility index (Phi) is 46.4. The zero-order valence-corrected chi connectivity index (χ0v) is 33.0. The van der Waals surface area contributed by atoms with E-state index in [0.717, 1.165) is 50.9 Å². The molecule has 0 aromatic heterocycles. The van der Waals surface area contributed by atoms with Gasteiger partial charge in [-0.3, -0.25) is 0 Å². The molecule has 0 saturated heterocycles. The third-order valence-corrected chi connectivity index (χ3v) is 7.19. The standard InChI is InChI=1S/C9H15N3.C8H13N3.2C7H15N3.C5H12/c1-4-5-6-7-9(8(2)3)11-12-10;1-4-5-6-8(7(2)3)10-11-9;2*1-4-5-7(6(2)3)9-10-8;1-4-5(2)3/h8-9H,6-7H2,1-3H3;1,7-8H,5-6H2,2-3H3;2*6-7H,4-5H2,1-3H3;5H,4H2,1-3H3. The van der Waals surface area contributed by atoms with Gasteiger partial charge in [-0.25, -0.2) is 0 Å². The van der Waals surface area contributed by atoms with Gasteiger partial charge in [0.15, 0.2) is 0 Å². The summed E-state index contributed by atoms with van der Waals surface area (Å²) in [6.07, 6.45) is 13.7. The van der Waals surface area contributed by atoms with Gasteiger partial charge in [-0.05, 0) is 84.3 Å². The summed E-state index contributed by atoms with van der Waals surface area (Å²) in [7, 11) is 0. The molecule has 12 nitrogen and oxygen atoms in total. The Bertz CT molecular complexity index is 991. The molecule has 0 saturated carbocycles. The third-order valence-electron chi connectivity index (χ3n) is 7.19. The van der Waals surface area contributed by atoms with Crippen LogP contribution in [0.2, 0.25) is 0 Å². The lowest BCUT2D eigenvalue weighted by atomic mass is 10.0. The number of terminal acetylenes is 1. The van der Waals surface area contributed by atoms with E-state index in [9.17, 15) is 0 Å². The van der Waals surface area contributed by atoms with Gasteiger partial charge in [0.05, 0.1) is 0 Å². The zero-order valence-electron chi connectivity index (χ0n) is 33.0. The van der Waals surface area contributed by atoms with Gasteiger partial charge in [-0.1, -0.05) is 130 Å². The van der Waals surface area contributed by atoms with E-state index in [1.807, 2.05) is 20.8 Å². The topological polar surface area (TPSA) is 195 Å². The summed E-state index contributed by atoms with van der Waals surface area (Å²) in [5.41, 5.74) is 32.8. The number of hydrogen-bond donors (Lipinski definition) is 0. The van der Waals surface area contributed by atoms with Crippen LogP contribution in [0.3, 0.4) is 0 Å². The zero-order chi connectivity index (χ0) is 38.3. The predicted octanol–water partition coefficient (Wildman–Crippen LogP) is 14.2. The fraction of sp³-hybridized carbons (Fsp3) is 0.889. The Labute approximate surface area is 294 Å². The van der Waals surface area contributed by atoms with Crippen LogP contribution in [0.1, 0.15) is 155 Å². The molecule has 48 heavy (non-hydrogen) atoms. The summed E-state index contributed by atoms with van der Waals surface area (Å²) in [5, 5.41) is 14.7. The highest BCUT2D eigenvalue weighted by Gasteiger charge is 2.11. The lowest BCUT2D eigenvalue weighted by molar-refractivity contribution is 0.458. The molecule has 0 aromatic carbocycles. The van der Waals surface area contributed by atoms with E-state index in [1.165, 1.54) is 6.42 Å². The van der Waals surface area contributed by atoms with Gasteiger partial charge in [-0.2, -0.15) is 0 Å². The molecule has 0 aliphatic heterocycles. The normalized spacial score (nSPS) is 11.9. The average molecular weight is 671 g/mol. The van der Waals surface area contributed by atoms with Gasteiger partial charge in [0, 0.05) is 56.7 Å². The molecular weight excluding hydrogens is 600 g/mol. The highest BCUT2D eigenvalue weighted by molar-refractivity contribution is 4.95. The summed E-state index contributed by atoms with van der Waals surface area (Å²) in [5.74, 6) is 10.9. The van der Waals surface area contributed by atoms with E-state index in [1.54, 1.807) is 0 Å². The molecule has 0 N–H and O–H groups in total. The van der Waals surface area contributed by atoms with E-state index >= 15 is 0 Å². The molecule has 0 rings (SSSR count). The van der Waals surface area contributed by atoms with Crippen molar-refractivity contribution in [3.63, 3.8) is 0 Å². The Morgan fingerprint density at radius 3 is 0.979 bits per heavy atom. The van der Waals surface area contributed by atoms with Gasteiger partial charge < -0.3 is 0 Å². The first-order chi connectivity index (χ1) is 22.6. The van der Waals surface area contributed by atoms with Crippen molar-refractivity contribution in [2.24, 2.45) is 50.0 Å². The van der Waals surface area contributed by atoms with Crippen LogP contribution in [0.5, 0.6) is 0 Å². The molecule has 0 bridgehead atoms. The molecule has 12 heteroatoms. The molecule has 0 radical (unpaired) electrons. The first-order valence-corrected chi connectivity index (χ1v) is 17.6. The van der Waals surface area contributed by atoms with Crippen molar-refractivity contribution in [3.05, 3.63) is 41.8 Å². The Morgan fingerprint density at radius 1 is 0.521 bits per heavy atom. The monoisotopic (exact) mass is 671 g/mol. The summed E-state index contributed by atoms with van der Waals surface area (Å²) < 4.78 is 0. The minimum atomic E-state index is 0.0519. The smallest absolute Gasteiger partial charge is 0.0406 e. The summed E-state index contributed by atoms with van der Waals surface area (Å²) in [6, 6.07) is 0.525. The van der Waals surface area contributed by atoms with E-state index < -0.39 is 0 Å². The Balaban J connectivity index is -0.000000164. The number of hydrogen-bond acceptors (Lipinski definition) is 4. The summed E-state index contributed by atoms with van der Waals surface area (Å²) in [6.45, 7) is 29.1. The maximum absolute atomic E-state index is 8.26. The van der Waals surface area contributed by atoms with Crippen LogP contribution in [-0.2, 0) is 0 Å². The van der Waals surface area contributed by atoms with Crippen LogP contribution in [0.15, 0.2) is 20.5 Å². The van der Waals surface area contributed by atoms with Gasteiger partial charge >= 0.3 is 0 Å². The SMILES string of the molecule is C#CCCC(N=[N+]=[N-])C(C)C.CC#CCCC(N=[N+]=[N-])C(C)C.CCC(C)C.CCCC(N=[N+]=[N-])C(C)C.CCCC(N=[N+]=[N-])C(C)C. The van der Waals surface area contributed by atoms with Gasteiger partial charge in [0.25, 0.3) is 0 Å². The predicted molar refractivity (Wildman–Crippen MR) is 207 cm³/mol. The van der Waals surface area contributed by atoms with Crippen LogP contribution in [0.4, 0.5) is 0 Å². The van der Waals surface area contributed by atoms with Crippen LogP contribution < -0.4 is 0 Å². The second kappa shape index (κ2) is 41.4. The molecule has 274 valence electrons. The van der Waals surface area contributed by atoms with Gasteiger partial charge in [0.2, 0.25) is 0 Å². The van der Waals surface area contributed by atoms with Crippen molar-refractivity contribution < 1.29 is 0 Å². The molecular formula is C36H70N12. The molecule has 0 amide bonds. The maximum atomic E-state index is 8.26. The van der Waals surface area contributed by atoms with Crippen LogP contribution in [0.25, 0.3) is 41.8 Å². The summed E-state index contributed by atoms with van der Waals surface area (Å²) >= 11 is 0. The molecule has 4 atom stereocenters. The van der Waals surface area contributed by atoms with E-state index in [2.05, 4.69) is 134 Å². The van der Waals surface area contributed by atoms with E-state index in [-0.39, 0.29) is 24.2 Å². The minimum Gasteiger partial charge on any atom is -0.120 e. The molecule has 4 unspecified atom stereocenters. The number of rotatable bonds is 17. The first-order valence-electron chi connectivity index (χ1n) is 17.6. The van der Waals surface area contributed by atoms with Crippen molar-refractivity contribution in [3.8, 4) is 24.2 Å². The fourth-order valence-corrected chi connectivity index (χ4v) is 3.53. The van der Waals surface area contributed by atoms with Crippen molar-refractivity contribution in [1.29, 1.82) is 0 Å². The largest absolute Gasteiger partial charge is 0.120 e.